The fourth-order valence-electron chi connectivity index (χ4n) is 5.26. The highest BCUT2D eigenvalue weighted by Gasteiger charge is 2.29. The van der Waals surface area contributed by atoms with Crippen LogP contribution in [-0.2, 0) is 14.3 Å². The lowest BCUT2D eigenvalue weighted by Crippen LogP contribution is -2.39. The SMILES string of the molecule is CC(CCCC(=O)N1CCC(CC(=O)O)CC1)NC(=O)OCC1c2ccccc2-c2ccccc21. The number of carboxylic acid groups (broad SMARTS) is 1. The minimum Gasteiger partial charge on any atom is -0.481 e. The first-order chi connectivity index (χ1) is 16.9. The molecule has 186 valence electrons. The van der Waals surface area contributed by atoms with Gasteiger partial charge in [-0.1, -0.05) is 48.5 Å². The number of likely N-dealkylation sites (tertiary alicyclic amines) is 1. The number of carbonyl (C=O) groups excluding carboxylic acids is 2. The first-order valence-corrected chi connectivity index (χ1v) is 12.5. The number of amides is 2. The number of alkyl carbamates (subject to hydrolysis) is 1. The van der Waals surface area contributed by atoms with Crippen molar-refractivity contribution in [2.75, 3.05) is 19.7 Å². The number of ether oxygens (including phenoxy) is 1. The van der Waals surface area contributed by atoms with Gasteiger partial charge in [0, 0.05) is 37.9 Å². The number of nitrogens with zero attached hydrogens (tertiary/aromatic N) is 1. The second kappa shape index (κ2) is 11.4. The Kier molecular flexibility index (Phi) is 8.06. The van der Waals surface area contributed by atoms with E-state index in [-0.39, 0.29) is 36.8 Å². The second-order valence-electron chi connectivity index (χ2n) is 9.69. The Morgan fingerprint density at radius 2 is 1.63 bits per heavy atom. The molecule has 1 fully saturated rings. The summed E-state index contributed by atoms with van der Waals surface area (Å²) in [7, 11) is 0. The van der Waals surface area contributed by atoms with Crippen molar-refractivity contribution < 1.29 is 24.2 Å². The van der Waals surface area contributed by atoms with Gasteiger partial charge in [0.25, 0.3) is 0 Å². The number of nitrogens with one attached hydrogen (secondary N) is 1. The number of aliphatic carboxylic acids is 1. The monoisotopic (exact) mass is 478 g/mol. The standard InChI is InChI=1S/C28H34N2O5/c1-19(7-6-12-26(31)30-15-13-20(14-16-30)17-27(32)33)29-28(34)35-18-25-23-10-4-2-8-21(23)22-9-3-5-11-24(22)25/h2-5,8-11,19-20,25H,6-7,12-18H2,1H3,(H,29,34)(H,32,33). The summed E-state index contributed by atoms with van der Waals surface area (Å²) in [6.07, 6.45) is 3.03. The normalized spacial score (nSPS) is 16.3. The molecule has 2 N–H and O–H groups in total. The Morgan fingerprint density at radius 1 is 1.03 bits per heavy atom. The first-order valence-electron chi connectivity index (χ1n) is 12.5. The molecular formula is C28H34N2O5. The predicted molar refractivity (Wildman–Crippen MR) is 133 cm³/mol. The molecule has 35 heavy (non-hydrogen) atoms. The molecular weight excluding hydrogens is 444 g/mol. The van der Waals surface area contributed by atoms with Gasteiger partial charge in [-0.2, -0.15) is 0 Å². The van der Waals surface area contributed by atoms with Crippen molar-refractivity contribution in [3.8, 4) is 11.1 Å². The number of carbonyl (C=O) groups is 3. The fourth-order valence-corrected chi connectivity index (χ4v) is 5.26. The van der Waals surface area contributed by atoms with E-state index in [0.29, 0.717) is 32.4 Å². The lowest BCUT2D eigenvalue weighted by atomic mass is 9.93. The van der Waals surface area contributed by atoms with Crippen molar-refractivity contribution in [2.24, 2.45) is 5.92 Å². The van der Waals surface area contributed by atoms with Gasteiger partial charge in [0.15, 0.2) is 0 Å². The van der Waals surface area contributed by atoms with Crippen molar-refractivity contribution in [3.63, 3.8) is 0 Å². The van der Waals surface area contributed by atoms with Crippen molar-refractivity contribution in [1.82, 2.24) is 10.2 Å². The summed E-state index contributed by atoms with van der Waals surface area (Å²) in [4.78, 5) is 37.6. The van der Waals surface area contributed by atoms with Crippen LogP contribution in [0.15, 0.2) is 48.5 Å². The van der Waals surface area contributed by atoms with E-state index in [1.165, 1.54) is 22.3 Å². The Labute approximate surface area is 206 Å². The van der Waals surface area contributed by atoms with E-state index >= 15 is 0 Å². The van der Waals surface area contributed by atoms with Crippen LogP contribution in [0.5, 0.6) is 0 Å². The smallest absolute Gasteiger partial charge is 0.407 e. The van der Waals surface area contributed by atoms with Gasteiger partial charge in [0.1, 0.15) is 6.61 Å². The van der Waals surface area contributed by atoms with E-state index in [4.69, 9.17) is 9.84 Å². The highest BCUT2D eigenvalue weighted by molar-refractivity contribution is 5.79. The molecule has 0 aromatic heterocycles. The number of piperidine rings is 1. The summed E-state index contributed by atoms with van der Waals surface area (Å²) in [6.45, 7) is 3.46. The molecule has 1 aliphatic heterocycles. The minimum atomic E-state index is -0.771. The quantitative estimate of drug-likeness (QED) is 0.540. The average Bonchev–Trinajstić information content (AvgIpc) is 3.16. The van der Waals surface area contributed by atoms with Gasteiger partial charge >= 0.3 is 12.1 Å². The van der Waals surface area contributed by atoms with Crippen molar-refractivity contribution >= 4 is 18.0 Å². The molecule has 2 aromatic carbocycles. The number of carboxylic acids is 1. The van der Waals surface area contributed by atoms with Crippen LogP contribution in [0.4, 0.5) is 4.79 Å². The zero-order valence-electron chi connectivity index (χ0n) is 20.2. The molecule has 1 atom stereocenters. The number of hydrogen-bond donors (Lipinski definition) is 2. The van der Waals surface area contributed by atoms with Gasteiger partial charge in [-0.3, -0.25) is 9.59 Å². The molecule has 2 aliphatic rings. The van der Waals surface area contributed by atoms with Gasteiger partial charge in [-0.25, -0.2) is 4.79 Å². The maximum atomic E-state index is 12.5. The molecule has 0 radical (unpaired) electrons. The Morgan fingerprint density at radius 3 is 2.23 bits per heavy atom. The largest absolute Gasteiger partial charge is 0.481 e. The topological polar surface area (TPSA) is 95.9 Å². The van der Waals surface area contributed by atoms with Gasteiger partial charge in [0.05, 0.1) is 0 Å². The highest BCUT2D eigenvalue weighted by Crippen LogP contribution is 2.44. The van der Waals surface area contributed by atoms with E-state index in [2.05, 4.69) is 29.6 Å². The first kappa shape index (κ1) is 24.8. The summed E-state index contributed by atoms with van der Waals surface area (Å²) in [5.74, 6) is -0.474. The molecule has 0 saturated carbocycles. The van der Waals surface area contributed by atoms with Gasteiger partial charge in [0.2, 0.25) is 5.91 Å². The predicted octanol–water partition coefficient (Wildman–Crippen LogP) is 4.80. The lowest BCUT2D eigenvalue weighted by Gasteiger charge is -2.31. The maximum Gasteiger partial charge on any atom is 0.407 e. The van der Waals surface area contributed by atoms with E-state index in [9.17, 15) is 14.4 Å². The average molecular weight is 479 g/mol. The van der Waals surface area contributed by atoms with Crippen LogP contribution in [-0.4, -0.2) is 53.7 Å². The highest BCUT2D eigenvalue weighted by atomic mass is 16.5. The van der Waals surface area contributed by atoms with Crippen LogP contribution in [0.1, 0.15) is 62.5 Å². The van der Waals surface area contributed by atoms with E-state index < -0.39 is 12.1 Å². The molecule has 4 rings (SSSR count). The molecule has 7 nitrogen and oxygen atoms in total. The molecule has 0 spiro atoms. The third kappa shape index (κ3) is 6.21. The zero-order valence-corrected chi connectivity index (χ0v) is 20.2. The molecule has 7 heteroatoms. The lowest BCUT2D eigenvalue weighted by molar-refractivity contribution is -0.138. The van der Waals surface area contributed by atoms with E-state index in [1.54, 1.807) is 0 Å². The van der Waals surface area contributed by atoms with Crippen molar-refractivity contribution in [3.05, 3.63) is 59.7 Å². The number of fused-ring (bicyclic) bond motifs is 3. The summed E-state index contributed by atoms with van der Waals surface area (Å²) in [5.41, 5.74) is 4.75. The van der Waals surface area contributed by atoms with Crippen LogP contribution in [0.2, 0.25) is 0 Å². The third-order valence-corrected chi connectivity index (χ3v) is 7.17. The van der Waals surface area contributed by atoms with E-state index in [1.807, 2.05) is 36.1 Å². The molecule has 1 heterocycles. The molecule has 1 unspecified atom stereocenters. The number of hydrogen-bond acceptors (Lipinski definition) is 4. The molecule has 2 aromatic rings. The summed E-state index contributed by atoms with van der Waals surface area (Å²) in [6, 6.07) is 16.4. The van der Waals surface area contributed by atoms with Crippen LogP contribution in [0, 0.1) is 5.92 Å². The van der Waals surface area contributed by atoms with Gasteiger partial charge in [-0.05, 0) is 60.8 Å². The van der Waals surface area contributed by atoms with Crippen LogP contribution in [0.25, 0.3) is 11.1 Å². The Hall–Kier alpha value is -3.35. The summed E-state index contributed by atoms with van der Waals surface area (Å²) < 4.78 is 5.60. The fraction of sp³-hybridized carbons (Fsp3) is 0.464. The van der Waals surface area contributed by atoms with Crippen LogP contribution in [0.3, 0.4) is 0 Å². The molecule has 2 amide bonds. The number of rotatable bonds is 9. The Bertz CT molecular complexity index is 1020. The van der Waals surface area contributed by atoms with Gasteiger partial charge in [-0.15, -0.1) is 0 Å². The zero-order chi connectivity index (χ0) is 24.8. The van der Waals surface area contributed by atoms with Crippen molar-refractivity contribution in [1.29, 1.82) is 0 Å². The third-order valence-electron chi connectivity index (χ3n) is 7.17. The summed E-state index contributed by atoms with van der Waals surface area (Å²) in [5, 5.41) is 11.8. The Balaban J connectivity index is 1.17. The van der Waals surface area contributed by atoms with Crippen molar-refractivity contribution in [2.45, 2.75) is 57.4 Å². The second-order valence-corrected chi connectivity index (χ2v) is 9.69. The van der Waals surface area contributed by atoms with E-state index in [0.717, 1.165) is 12.8 Å². The van der Waals surface area contributed by atoms with Gasteiger partial charge < -0.3 is 20.1 Å². The number of benzene rings is 2. The molecule has 0 bridgehead atoms. The maximum absolute atomic E-state index is 12.5. The molecule has 1 aliphatic carbocycles. The van der Waals surface area contributed by atoms with Crippen LogP contribution >= 0.6 is 0 Å². The summed E-state index contributed by atoms with van der Waals surface area (Å²) >= 11 is 0. The van der Waals surface area contributed by atoms with Crippen LogP contribution < -0.4 is 5.32 Å². The minimum absolute atomic E-state index is 0.0284. The molecule has 1 saturated heterocycles.